The molecule has 2 fully saturated rings. The molecule has 3 amide bonds. The zero-order chi connectivity index (χ0) is 19.3. The standard InChI is InChI=1S/C22H23N3O3/c1-22-14-18(17-9-2-3-10-19(17)28-22)23-21(27)25(22)16-8-6-7-15(13-16)20(26)24-11-4-5-12-24/h2-3,6-10,13,18H,4-5,11-12,14H2,1H3,(H,23,27). The highest BCUT2D eigenvalue weighted by atomic mass is 16.5. The van der Waals surface area contributed by atoms with Gasteiger partial charge in [0, 0.05) is 30.6 Å². The van der Waals surface area contributed by atoms with Crippen molar-refractivity contribution in [3.63, 3.8) is 0 Å². The molecule has 0 saturated carbocycles. The summed E-state index contributed by atoms with van der Waals surface area (Å²) in [6.45, 7) is 3.53. The average molecular weight is 377 g/mol. The lowest BCUT2D eigenvalue weighted by Crippen LogP contribution is -2.65. The van der Waals surface area contributed by atoms with E-state index in [9.17, 15) is 9.59 Å². The van der Waals surface area contributed by atoms with E-state index in [0.717, 1.165) is 37.2 Å². The van der Waals surface area contributed by atoms with Crippen LogP contribution in [0.3, 0.4) is 0 Å². The van der Waals surface area contributed by atoms with Crippen molar-refractivity contribution in [1.29, 1.82) is 0 Å². The molecule has 144 valence electrons. The van der Waals surface area contributed by atoms with Crippen LogP contribution in [-0.2, 0) is 0 Å². The number of likely N-dealkylation sites (tertiary alicyclic amines) is 1. The molecule has 2 atom stereocenters. The third kappa shape index (κ3) is 2.63. The number of urea groups is 1. The van der Waals surface area contributed by atoms with E-state index in [0.29, 0.717) is 17.7 Å². The summed E-state index contributed by atoms with van der Waals surface area (Å²) >= 11 is 0. The molecule has 2 aromatic rings. The van der Waals surface area contributed by atoms with Crippen LogP contribution in [0.5, 0.6) is 5.75 Å². The third-order valence-electron chi connectivity index (χ3n) is 5.93. The third-order valence-corrected chi connectivity index (χ3v) is 5.93. The highest BCUT2D eigenvalue weighted by Gasteiger charge is 2.49. The summed E-state index contributed by atoms with van der Waals surface area (Å²) in [6, 6.07) is 14.8. The Morgan fingerprint density at radius 1 is 1.14 bits per heavy atom. The molecule has 28 heavy (non-hydrogen) atoms. The number of hydrogen-bond acceptors (Lipinski definition) is 3. The molecule has 3 aliphatic heterocycles. The van der Waals surface area contributed by atoms with Crippen molar-refractivity contribution in [3.05, 3.63) is 59.7 Å². The lowest BCUT2D eigenvalue weighted by Gasteiger charge is -2.50. The lowest BCUT2D eigenvalue weighted by atomic mass is 9.90. The predicted molar refractivity (Wildman–Crippen MR) is 105 cm³/mol. The van der Waals surface area contributed by atoms with Crippen molar-refractivity contribution in [2.24, 2.45) is 0 Å². The van der Waals surface area contributed by atoms with Gasteiger partial charge in [0.1, 0.15) is 5.75 Å². The van der Waals surface area contributed by atoms with Gasteiger partial charge in [-0.1, -0.05) is 24.3 Å². The van der Waals surface area contributed by atoms with E-state index in [-0.39, 0.29) is 18.0 Å². The van der Waals surface area contributed by atoms with Gasteiger partial charge in [-0.3, -0.25) is 9.69 Å². The monoisotopic (exact) mass is 377 g/mol. The fourth-order valence-electron chi connectivity index (χ4n) is 4.59. The molecule has 3 aliphatic rings. The van der Waals surface area contributed by atoms with Crippen molar-refractivity contribution < 1.29 is 14.3 Å². The van der Waals surface area contributed by atoms with Gasteiger partial charge in [0.25, 0.3) is 5.91 Å². The van der Waals surface area contributed by atoms with Crippen LogP contribution < -0.4 is 15.0 Å². The summed E-state index contributed by atoms with van der Waals surface area (Å²) < 4.78 is 6.30. The Bertz CT molecular complexity index is 954. The summed E-state index contributed by atoms with van der Waals surface area (Å²) in [4.78, 5) is 29.3. The van der Waals surface area contributed by atoms with Gasteiger partial charge < -0.3 is 15.0 Å². The molecule has 0 radical (unpaired) electrons. The molecule has 0 spiro atoms. The van der Waals surface area contributed by atoms with Gasteiger partial charge in [0.05, 0.1) is 11.7 Å². The SMILES string of the molecule is CC12CC(NC(=O)N1c1cccc(C(=O)N3CCCC3)c1)c1ccccc1O2. The second kappa shape index (κ2) is 6.26. The van der Waals surface area contributed by atoms with Crippen LogP contribution in [0.25, 0.3) is 0 Å². The molecule has 2 bridgehead atoms. The normalized spacial score (nSPS) is 25.8. The summed E-state index contributed by atoms with van der Waals surface area (Å²) in [6.07, 6.45) is 2.74. The number of ether oxygens (including phenoxy) is 1. The van der Waals surface area contributed by atoms with Crippen LogP contribution in [0.15, 0.2) is 48.5 Å². The van der Waals surface area contributed by atoms with Crippen LogP contribution in [0.4, 0.5) is 10.5 Å². The topological polar surface area (TPSA) is 61.9 Å². The number of benzene rings is 2. The number of rotatable bonds is 2. The number of anilines is 1. The van der Waals surface area contributed by atoms with Crippen molar-refractivity contribution in [2.45, 2.75) is 38.0 Å². The van der Waals surface area contributed by atoms with E-state index < -0.39 is 5.72 Å². The Kier molecular flexibility index (Phi) is 3.82. The minimum Gasteiger partial charge on any atom is -0.467 e. The molecule has 6 nitrogen and oxygen atoms in total. The van der Waals surface area contributed by atoms with E-state index in [1.165, 1.54) is 0 Å². The number of hydrogen-bond donors (Lipinski definition) is 1. The minimum absolute atomic E-state index is 0.0229. The number of carbonyl (C=O) groups is 2. The molecule has 2 aromatic carbocycles. The summed E-state index contributed by atoms with van der Waals surface area (Å²) in [7, 11) is 0. The van der Waals surface area contributed by atoms with Gasteiger partial charge in [-0.15, -0.1) is 0 Å². The quantitative estimate of drug-likeness (QED) is 0.868. The Morgan fingerprint density at radius 3 is 2.75 bits per heavy atom. The highest BCUT2D eigenvalue weighted by Crippen LogP contribution is 2.45. The Hall–Kier alpha value is -3.02. The molecule has 2 saturated heterocycles. The molecule has 5 rings (SSSR count). The maximum atomic E-state index is 13.0. The van der Waals surface area contributed by atoms with Crippen molar-refractivity contribution in [2.75, 3.05) is 18.0 Å². The van der Waals surface area contributed by atoms with Crippen LogP contribution in [-0.4, -0.2) is 35.7 Å². The van der Waals surface area contributed by atoms with Gasteiger partial charge in [0.2, 0.25) is 0 Å². The van der Waals surface area contributed by atoms with Crippen LogP contribution >= 0.6 is 0 Å². The number of nitrogens with one attached hydrogen (secondary N) is 1. The molecule has 1 N–H and O–H groups in total. The number of nitrogens with zero attached hydrogens (tertiary/aromatic N) is 2. The fourth-order valence-corrected chi connectivity index (χ4v) is 4.59. The lowest BCUT2D eigenvalue weighted by molar-refractivity contribution is 0.0378. The zero-order valence-corrected chi connectivity index (χ0v) is 15.9. The second-order valence-electron chi connectivity index (χ2n) is 7.91. The Balaban J connectivity index is 1.50. The maximum absolute atomic E-state index is 13.0. The van der Waals surface area contributed by atoms with Crippen LogP contribution in [0, 0.1) is 0 Å². The summed E-state index contributed by atoms with van der Waals surface area (Å²) in [5.74, 6) is 0.810. The molecular weight excluding hydrogens is 354 g/mol. The second-order valence-corrected chi connectivity index (χ2v) is 7.91. The van der Waals surface area contributed by atoms with Gasteiger partial charge >= 0.3 is 6.03 Å². The molecule has 3 heterocycles. The smallest absolute Gasteiger partial charge is 0.325 e. The average Bonchev–Trinajstić information content (AvgIpc) is 3.21. The van der Waals surface area contributed by atoms with Crippen molar-refractivity contribution in [1.82, 2.24) is 10.2 Å². The largest absolute Gasteiger partial charge is 0.467 e. The predicted octanol–water partition coefficient (Wildman–Crippen LogP) is 3.69. The van der Waals surface area contributed by atoms with Gasteiger partial charge in [-0.25, -0.2) is 4.79 Å². The van der Waals surface area contributed by atoms with Gasteiger partial charge in [-0.05, 0) is 44.0 Å². The zero-order valence-electron chi connectivity index (χ0n) is 15.9. The van der Waals surface area contributed by atoms with E-state index in [1.807, 2.05) is 54.3 Å². The number of fused-ring (bicyclic) bond motifs is 4. The van der Waals surface area contributed by atoms with E-state index >= 15 is 0 Å². The van der Waals surface area contributed by atoms with Crippen molar-refractivity contribution in [3.8, 4) is 5.75 Å². The first-order valence-corrected chi connectivity index (χ1v) is 9.83. The number of carbonyl (C=O) groups excluding carboxylic acids is 2. The molecule has 0 aliphatic carbocycles. The van der Waals surface area contributed by atoms with E-state index in [4.69, 9.17) is 4.74 Å². The van der Waals surface area contributed by atoms with E-state index in [2.05, 4.69) is 5.32 Å². The summed E-state index contributed by atoms with van der Waals surface area (Å²) in [5, 5.41) is 3.09. The molecule has 0 aromatic heterocycles. The molecule has 6 heteroatoms. The number of amides is 3. The molecule has 2 unspecified atom stereocenters. The maximum Gasteiger partial charge on any atom is 0.325 e. The van der Waals surface area contributed by atoms with E-state index in [1.54, 1.807) is 11.0 Å². The van der Waals surface area contributed by atoms with Gasteiger partial charge in [0.15, 0.2) is 5.72 Å². The van der Waals surface area contributed by atoms with Crippen molar-refractivity contribution >= 4 is 17.6 Å². The fraction of sp³-hybridized carbons (Fsp3) is 0.364. The highest BCUT2D eigenvalue weighted by molar-refractivity contribution is 5.99. The van der Waals surface area contributed by atoms with Crippen LogP contribution in [0.1, 0.15) is 48.1 Å². The summed E-state index contributed by atoms with van der Waals surface area (Å²) in [5.41, 5.74) is 1.47. The van der Waals surface area contributed by atoms with Crippen LogP contribution in [0.2, 0.25) is 0 Å². The first-order valence-electron chi connectivity index (χ1n) is 9.83. The minimum atomic E-state index is -0.809. The molecular formula is C22H23N3O3. The first kappa shape index (κ1) is 17.1. The Labute approximate surface area is 164 Å². The first-order chi connectivity index (χ1) is 13.5. The Morgan fingerprint density at radius 2 is 1.93 bits per heavy atom. The number of para-hydroxylation sites is 1. The van der Waals surface area contributed by atoms with Gasteiger partial charge in [-0.2, -0.15) is 0 Å².